The highest BCUT2D eigenvalue weighted by Gasteiger charge is 2.41. The van der Waals surface area contributed by atoms with Gasteiger partial charge in [-0.25, -0.2) is 14.5 Å². The summed E-state index contributed by atoms with van der Waals surface area (Å²) in [6.07, 6.45) is -8.53. The van der Waals surface area contributed by atoms with Crippen LogP contribution in [0.1, 0.15) is 51.6 Å². The molecule has 2 heterocycles. The Balaban J connectivity index is 2.01. The Kier molecular flexibility index (Phi) is 9.38. The fraction of sp³-hybridized carbons (Fsp3) is 0.417. The number of halogens is 6. The summed E-state index contributed by atoms with van der Waals surface area (Å²) in [5, 5.41) is 5.65. The van der Waals surface area contributed by atoms with E-state index in [1.54, 1.807) is 0 Å². The van der Waals surface area contributed by atoms with Gasteiger partial charge in [-0.15, -0.1) is 0 Å². The maximum atomic E-state index is 14.1. The number of nitrogens with one attached hydrogen (secondary N) is 1. The Morgan fingerprint density at radius 2 is 1.79 bits per heavy atom. The molecule has 8 nitrogen and oxygen atoms in total. The number of benzene rings is 1. The van der Waals surface area contributed by atoms with E-state index < -0.39 is 46.2 Å². The number of carbonyl (C=O) groups excluding carboxylic acids is 2. The molecular formula is C24H25F6N5O3S. The van der Waals surface area contributed by atoms with Crippen LogP contribution in [0.2, 0.25) is 0 Å². The van der Waals surface area contributed by atoms with Gasteiger partial charge in [0.2, 0.25) is 5.13 Å². The summed E-state index contributed by atoms with van der Waals surface area (Å²) in [6, 6.07) is 3.83. The predicted octanol–water partition coefficient (Wildman–Crippen LogP) is 5.28. The molecule has 0 aliphatic carbocycles. The van der Waals surface area contributed by atoms with Gasteiger partial charge in [0.1, 0.15) is 4.88 Å². The molecule has 0 aliphatic heterocycles. The molecule has 1 N–H and O–H groups in total. The van der Waals surface area contributed by atoms with Crippen molar-refractivity contribution < 1.29 is 40.7 Å². The molecule has 0 fully saturated rings. The number of esters is 1. The standard InChI is InChI=1S/C24H25F6N5O3S/c1-4-34(5-2)11-7-10-31-20(36)16-13-32-35(19(16)24(28,29)30)22-33-17(18(39-22)21(37)38-3)14-8-6-9-15(12-14)23(25,26)27/h6,8-9,12-13H,4-5,7,10-11H2,1-3H3,(H,31,36). The van der Waals surface area contributed by atoms with Gasteiger partial charge in [0.15, 0.2) is 5.69 Å². The normalized spacial score (nSPS) is 12.2. The van der Waals surface area contributed by atoms with E-state index >= 15 is 0 Å². The van der Waals surface area contributed by atoms with Crippen LogP contribution in [0.3, 0.4) is 0 Å². The molecule has 2 aromatic heterocycles. The molecule has 3 rings (SSSR count). The van der Waals surface area contributed by atoms with Crippen molar-refractivity contribution >= 4 is 23.2 Å². The van der Waals surface area contributed by atoms with Gasteiger partial charge in [0, 0.05) is 12.1 Å². The Bertz CT molecular complexity index is 1310. The van der Waals surface area contributed by atoms with Crippen molar-refractivity contribution in [2.75, 3.05) is 33.3 Å². The van der Waals surface area contributed by atoms with Gasteiger partial charge >= 0.3 is 18.3 Å². The molecule has 212 valence electrons. The van der Waals surface area contributed by atoms with Crippen LogP contribution in [-0.4, -0.2) is 64.8 Å². The van der Waals surface area contributed by atoms with Crippen molar-refractivity contribution in [1.82, 2.24) is 25.0 Å². The topological polar surface area (TPSA) is 89.4 Å². The number of methoxy groups -OCH3 is 1. The third kappa shape index (κ3) is 6.95. The second kappa shape index (κ2) is 12.2. The van der Waals surface area contributed by atoms with E-state index in [9.17, 15) is 35.9 Å². The summed E-state index contributed by atoms with van der Waals surface area (Å²) < 4.78 is 87.1. The first-order valence-corrected chi connectivity index (χ1v) is 12.6. The quantitative estimate of drug-likeness (QED) is 0.200. The van der Waals surface area contributed by atoms with E-state index in [2.05, 4.69) is 25.0 Å². The van der Waals surface area contributed by atoms with Crippen LogP contribution in [0.25, 0.3) is 16.4 Å². The van der Waals surface area contributed by atoms with Crippen LogP contribution in [0, 0.1) is 0 Å². The van der Waals surface area contributed by atoms with Crippen LogP contribution in [0.15, 0.2) is 30.5 Å². The second-order valence-electron chi connectivity index (χ2n) is 8.20. The minimum absolute atomic E-state index is 0.126. The molecule has 1 aromatic carbocycles. The van der Waals surface area contributed by atoms with Crippen molar-refractivity contribution in [3.8, 4) is 16.4 Å². The molecule has 3 aromatic rings. The minimum atomic E-state index is -5.06. The maximum Gasteiger partial charge on any atom is 0.434 e. The third-order valence-corrected chi connectivity index (χ3v) is 6.76. The molecule has 0 atom stereocenters. The first-order valence-electron chi connectivity index (χ1n) is 11.7. The number of hydrogen-bond donors (Lipinski definition) is 1. The lowest BCUT2D eigenvalue weighted by Gasteiger charge is -2.17. The number of rotatable bonds is 10. The summed E-state index contributed by atoms with van der Waals surface area (Å²) in [5.41, 5.74) is -3.73. The monoisotopic (exact) mass is 577 g/mol. The molecular weight excluding hydrogens is 552 g/mol. The van der Waals surface area contributed by atoms with Gasteiger partial charge in [-0.2, -0.15) is 31.4 Å². The molecule has 0 unspecified atom stereocenters. The van der Waals surface area contributed by atoms with E-state index in [4.69, 9.17) is 0 Å². The zero-order valence-electron chi connectivity index (χ0n) is 21.1. The smallest absolute Gasteiger partial charge is 0.434 e. The zero-order chi connectivity index (χ0) is 29.0. The lowest BCUT2D eigenvalue weighted by Crippen LogP contribution is -2.31. The van der Waals surface area contributed by atoms with Crippen LogP contribution < -0.4 is 5.32 Å². The average molecular weight is 578 g/mol. The van der Waals surface area contributed by atoms with Gasteiger partial charge in [-0.3, -0.25) is 4.79 Å². The number of amides is 1. The van der Waals surface area contributed by atoms with Crippen molar-refractivity contribution in [1.29, 1.82) is 0 Å². The zero-order valence-corrected chi connectivity index (χ0v) is 21.9. The second-order valence-corrected chi connectivity index (χ2v) is 9.17. The third-order valence-electron chi connectivity index (χ3n) is 5.74. The molecule has 0 spiro atoms. The van der Waals surface area contributed by atoms with E-state index in [0.717, 1.165) is 44.6 Å². The Labute approximate surface area is 223 Å². The largest absolute Gasteiger partial charge is 0.465 e. The van der Waals surface area contributed by atoms with Crippen LogP contribution in [-0.2, 0) is 17.1 Å². The highest BCUT2D eigenvalue weighted by molar-refractivity contribution is 7.16. The first-order chi connectivity index (χ1) is 18.3. The molecule has 0 aliphatic rings. The number of carbonyl (C=O) groups is 2. The van der Waals surface area contributed by atoms with Gasteiger partial charge in [0.25, 0.3) is 5.91 Å². The summed E-state index contributed by atoms with van der Waals surface area (Å²) in [6.45, 7) is 6.29. The average Bonchev–Trinajstić information content (AvgIpc) is 3.53. The van der Waals surface area contributed by atoms with E-state index in [1.807, 2.05) is 13.8 Å². The van der Waals surface area contributed by atoms with Gasteiger partial charge in [-0.1, -0.05) is 37.3 Å². The number of alkyl halides is 6. The number of ether oxygens (including phenoxy) is 1. The molecule has 39 heavy (non-hydrogen) atoms. The molecule has 0 bridgehead atoms. The minimum Gasteiger partial charge on any atom is -0.465 e. The maximum absolute atomic E-state index is 14.1. The van der Waals surface area contributed by atoms with E-state index in [1.165, 1.54) is 6.07 Å². The van der Waals surface area contributed by atoms with Crippen LogP contribution in [0.5, 0.6) is 0 Å². The van der Waals surface area contributed by atoms with Gasteiger partial charge in [0.05, 0.1) is 30.1 Å². The number of hydrogen-bond acceptors (Lipinski definition) is 7. The van der Waals surface area contributed by atoms with Crippen LogP contribution >= 0.6 is 11.3 Å². The van der Waals surface area contributed by atoms with Gasteiger partial charge < -0.3 is 15.0 Å². The molecule has 0 saturated carbocycles. The van der Waals surface area contributed by atoms with Crippen molar-refractivity contribution in [3.63, 3.8) is 0 Å². The van der Waals surface area contributed by atoms with E-state index in [0.29, 0.717) is 29.0 Å². The lowest BCUT2D eigenvalue weighted by atomic mass is 10.1. The number of nitrogens with zero attached hydrogens (tertiary/aromatic N) is 4. The summed E-state index contributed by atoms with van der Waals surface area (Å²) in [5.74, 6) is -2.02. The summed E-state index contributed by atoms with van der Waals surface area (Å²) >= 11 is 0.435. The highest BCUT2D eigenvalue weighted by atomic mass is 32.1. The highest BCUT2D eigenvalue weighted by Crippen LogP contribution is 2.38. The SMILES string of the molecule is CCN(CC)CCCNC(=O)c1cnn(-c2nc(-c3cccc(C(F)(F)F)c3)c(C(=O)OC)s2)c1C(F)(F)F. The lowest BCUT2D eigenvalue weighted by molar-refractivity contribution is -0.143. The Hall–Kier alpha value is -3.46. The van der Waals surface area contributed by atoms with Gasteiger partial charge in [-0.05, 0) is 38.2 Å². The summed E-state index contributed by atoms with van der Waals surface area (Å²) in [7, 11) is 1.01. The number of aromatic nitrogens is 3. The van der Waals surface area contributed by atoms with Crippen molar-refractivity contribution in [2.45, 2.75) is 32.6 Å². The molecule has 0 saturated heterocycles. The number of thiazole rings is 1. The fourth-order valence-corrected chi connectivity index (χ4v) is 4.71. The van der Waals surface area contributed by atoms with E-state index in [-0.39, 0.29) is 22.7 Å². The van der Waals surface area contributed by atoms with Crippen molar-refractivity contribution in [3.05, 3.63) is 52.2 Å². The Morgan fingerprint density at radius 1 is 1.10 bits per heavy atom. The van der Waals surface area contributed by atoms with Crippen molar-refractivity contribution in [2.24, 2.45) is 0 Å². The summed E-state index contributed by atoms with van der Waals surface area (Å²) in [4.78, 5) is 30.8. The first kappa shape index (κ1) is 30.1. The van der Waals surface area contributed by atoms with Crippen LogP contribution in [0.4, 0.5) is 26.3 Å². The predicted molar refractivity (Wildman–Crippen MR) is 131 cm³/mol. The fourth-order valence-electron chi connectivity index (χ4n) is 3.74. The Morgan fingerprint density at radius 3 is 2.38 bits per heavy atom. The molecule has 0 radical (unpaired) electrons. The molecule has 15 heteroatoms. The molecule has 1 amide bonds.